The van der Waals surface area contributed by atoms with E-state index >= 15 is 0 Å². The topological polar surface area (TPSA) is 49.9 Å². The minimum absolute atomic E-state index is 0.537. The maximum absolute atomic E-state index is 11.1. The zero-order valence-corrected chi connectivity index (χ0v) is 10.6. The second-order valence-corrected chi connectivity index (χ2v) is 5.30. The molecule has 0 aromatic heterocycles. The van der Waals surface area contributed by atoms with Crippen LogP contribution in [0.15, 0.2) is 11.4 Å². The molecule has 1 atom stereocenters. The van der Waals surface area contributed by atoms with Crippen LogP contribution in [0.5, 0.6) is 0 Å². The van der Waals surface area contributed by atoms with E-state index in [2.05, 4.69) is 0 Å². The summed E-state index contributed by atoms with van der Waals surface area (Å²) in [7, 11) is -1.62. The quantitative estimate of drug-likeness (QED) is 0.675. The fraction of sp³-hybridized carbons (Fsp3) is 0.778. The second kappa shape index (κ2) is 4.02. The lowest BCUT2D eigenvalue weighted by Crippen LogP contribution is -2.41. The maximum Gasteiger partial charge on any atom is 0.267 e. The molecule has 1 aliphatic rings. The van der Waals surface area contributed by atoms with Crippen molar-refractivity contribution >= 4 is 10.1 Å². The lowest BCUT2D eigenvalue weighted by atomic mass is 10.4. The molecule has 1 heterocycles. The van der Waals surface area contributed by atoms with Crippen LogP contribution in [0.25, 0.3) is 0 Å². The summed E-state index contributed by atoms with van der Waals surface area (Å²) in [6, 6.07) is 0. The predicted octanol–water partition coefficient (Wildman–Crippen LogP) is 0.765. The van der Waals surface area contributed by atoms with Crippen LogP contribution in [0, 0.1) is 0 Å². The summed E-state index contributed by atoms with van der Waals surface area (Å²) in [5.74, 6) is 0. The SMILES string of the molecule is CCN1C(C)=C(C)N(C)C1OS(C)(=O)=O. The van der Waals surface area contributed by atoms with Crippen molar-refractivity contribution in [2.45, 2.75) is 27.1 Å². The highest BCUT2D eigenvalue weighted by atomic mass is 32.2. The molecule has 0 aromatic carbocycles. The van der Waals surface area contributed by atoms with E-state index in [-0.39, 0.29) is 0 Å². The monoisotopic (exact) mass is 234 g/mol. The molecule has 15 heavy (non-hydrogen) atoms. The molecular formula is C9H18N2O3S. The van der Waals surface area contributed by atoms with Crippen molar-refractivity contribution < 1.29 is 12.6 Å². The average Bonchev–Trinajstić information content (AvgIpc) is 2.29. The van der Waals surface area contributed by atoms with E-state index in [0.717, 1.165) is 17.6 Å². The zero-order chi connectivity index (χ0) is 11.8. The van der Waals surface area contributed by atoms with Crippen LogP contribution in [0.2, 0.25) is 0 Å². The highest BCUT2D eigenvalue weighted by molar-refractivity contribution is 7.86. The van der Waals surface area contributed by atoms with Crippen molar-refractivity contribution in [1.82, 2.24) is 9.80 Å². The minimum Gasteiger partial charge on any atom is -0.333 e. The number of rotatable bonds is 3. The van der Waals surface area contributed by atoms with Gasteiger partial charge in [0, 0.05) is 25.0 Å². The Morgan fingerprint density at radius 2 is 1.87 bits per heavy atom. The molecule has 1 unspecified atom stereocenters. The Labute approximate surface area is 91.4 Å². The van der Waals surface area contributed by atoms with Crippen LogP contribution in [-0.2, 0) is 14.3 Å². The van der Waals surface area contributed by atoms with Crippen molar-refractivity contribution in [3.8, 4) is 0 Å². The first-order valence-corrected chi connectivity index (χ1v) is 6.64. The molecule has 88 valence electrons. The first-order chi connectivity index (χ1) is 6.78. The van der Waals surface area contributed by atoms with Crippen LogP contribution in [-0.4, -0.2) is 44.4 Å². The van der Waals surface area contributed by atoms with Gasteiger partial charge in [0.2, 0.25) is 6.35 Å². The van der Waals surface area contributed by atoms with Crippen LogP contribution >= 0.6 is 0 Å². The molecule has 1 aliphatic heterocycles. The Morgan fingerprint density at radius 1 is 1.33 bits per heavy atom. The van der Waals surface area contributed by atoms with Crippen LogP contribution in [0.1, 0.15) is 20.8 Å². The van der Waals surface area contributed by atoms with E-state index in [0.29, 0.717) is 6.54 Å². The zero-order valence-electron chi connectivity index (χ0n) is 9.81. The third-order valence-electron chi connectivity index (χ3n) is 2.68. The van der Waals surface area contributed by atoms with Crippen molar-refractivity contribution in [3.63, 3.8) is 0 Å². The van der Waals surface area contributed by atoms with Gasteiger partial charge in [-0.2, -0.15) is 8.42 Å². The van der Waals surface area contributed by atoms with Gasteiger partial charge < -0.3 is 9.80 Å². The lowest BCUT2D eigenvalue weighted by molar-refractivity contribution is -0.0134. The molecule has 0 saturated heterocycles. The van der Waals surface area contributed by atoms with Gasteiger partial charge in [-0.25, -0.2) is 4.18 Å². The summed E-state index contributed by atoms with van der Waals surface area (Å²) in [6.45, 7) is 6.59. The average molecular weight is 234 g/mol. The maximum atomic E-state index is 11.1. The normalized spacial score (nSPS) is 22.9. The Bertz CT molecular complexity index is 375. The summed E-state index contributed by atoms with van der Waals surface area (Å²) < 4.78 is 27.3. The van der Waals surface area contributed by atoms with Gasteiger partial charge in [-0.1, -0.05) is 0 Å². The van der Waals surface area contributed by atoms with Gasteiger partial charge in [0.05, 0.1) is 6.26 Å². The van der Waals surface area contributed by atoms with E-state index in [1.165, 1.54) is 0 Å². The summed E-state index contributed by atoms with van der Waals surface area (Å²) in [4.78, 5) is 3.73. The first-order valence-electron chi connectivity index (χ1n) is 4.83. The summed E-state index contributed by atoms with van der Waals surface area (Å²) in [5.41, 5.74) is 2.08. The van der Waals surface area contributed by atoms with Gasteiger partial charge >= 0.3 is 0 Å². The highest BCUT2D eigenvalue weighted by Gasteiger charge is 2.33. The molecule has 0 fully saturated rings. The molecule has 0 radical (unpaired) electrons. The fourth-order valence-corrected chi connectivity index (χ4v) is 2.22. The third kappa shape index (κ3) is 2.43. The Hall–Kier alpha value is -0.750. The smallest absolute Gasteiger partial charge is 0.267 e. The molecule has 0 aliphatic carbocycles. The van der Waals surface area contributed by atoms with E-state index in [9.17, 15) is 8.42 Å². The van der Waals surface area contributed by atoms with Crippen molar-refractivity contribution in [2.24, 2.45) is 0 Å². The van der Waals surface area contributed by atoms with Crippen LogP contribution in [0.3, 0.4) is 0 Å². The number of hydrogen-bond donors (Lipinski definition) is 0. The third-order valence-corrected chi connectivity index (χ3v) is 3.20. The van der Waals surface area contributed by atoms with E-state index < -0.39 is 16.5 Å². The van der Waals surface area contributed by atoms with Crippen LogP contribution in [0.4, 0.5) is 0 Å². The molecule has 0 bridgehead atoms. The van der Waals surface area contributed by atoms with E-state index in [1.54, 1.807) is 0 Å². The largest absolute Gasteiger partial charge is 0.333 e. The molecular weight excluding hydrogens is 216 g/mol. The molecule has 0 saturated carbocycles. The van der Waals surface area contributed by atoms with E-state index in [1.807, 2.05) is 37.6 Å². The van der Waals surface area contributed by atoms with Gasteiger partial charge in [0.15, 0.2) is 0 Å². The van der Waals surface area contributed by atoms with Gasteiger partial charge in [0.1, 0.15) is 0 Å². The first kappa shape index (κ1) is 12.3. The van der Waals surface area contributed by atoms with Crippen molar-refractivity contribution in [3.05, 3.63) is 11.4 Å². The molecule has 1 rings (SSSR count). The fourth-order valence-electron chi connectivity index (χ4n) is 1.67. The van der Waals surface area contributed by atoms with Gasteiger partial charge in [0.25, 0.3) is 10.1 Å². The number of allylic oxidation sites excluding steroid dienone is 2. The Morgan fingerprint density at radius 3 is 2.27 bits per heavy atom. The van der Waals surface area contributed by atoms with Gasteiger partial charge in [-0.15, -0.1) is 0 Å². The molecule has 5 nitrogen and oxygen atoms in total. The van der Waals surface area contributed by atoms with Gasteiger partial charge in [-0.05, 0) is 20.8 Å². The molecule has 0 aromatic rings. The summed E-state index contributed by atoms with van der Waals surface area (Å²) in [6.07, 6.45) is 0.530. The van der Waals surface area contributed by atoms with Crippen LogP contribution < -0.4 is 0 Å². The summed E-state index contributed by atoms with van der Waals surface area (Å²) in [5, 5.41) is 0. The molecule has 0 amide bonds. The van der Waals surface area contributed by atoms with Gasteiger partial charge in [-0.3, -0.25) is 0 Å². The standard InChI is InChI=1S/C9H18N2O3S/c1-6-11-8(3)7(2)10(4)9(11)14-15(5,12)13/h9H,6H2,1-5H3. The minimum atomic E-state index is -3.44. The molecule has 0 spiro atoms. The predicted molar refractivity (Wildman–Crippen MR) is 58.2 cm³/mol. The lowest BCUT2D eigenvalue weighted by Gasteiger charge is -2.29. The Kier molecular flexibility index (Phi) is 3.30. The number of nitrogens with zero attached hydrogens (tertiary/aromatic N) is 2. The number of hydrogen-bond acceptors (Lipinski definition) is 5. The van der Waals surface area contributed by atoms with Crippen molar-refractivity contribution in [2.75, 3.05) is 19.8 Å². The second-order valence-electron chi connectivity index (χ2n) is 3.69. The van der Waals surface area contributed by atoms with Crippen molar-refractivity contribution in [1.29, 1.82) is 0 Å². The Balaban J connectivity index is 2.93. The highest BCUT2D eigenvalue weighted by Crippen LogP contribution is 2.28. The van der Waals surface area contributed by atoms with E-state index in [4.69, 9.17) is 4.18 Å². The molecule has 0 N–H and O–H groups in total. The molecule has 6 heteroatoms. The summed E-state index contributed by atoms with van der Waals surface area (Å²) >= 11 is 0.